The van der Waals surface area contributed by atoms with Crippen molar-refractivity contribution < 1.29 is 9.18 Å². The highest BCUT2D eigenvalue weighted by Gasteiger charge is 2.08. The Hall–Kier alpha value is -1.79. The van der Waals surface area contributed by atoms with E-state index in [-0.39, 0.29) is 10.4 Å². The predicted molar refractivity (Wildman–Crippen MR) is 87.6 cm³/mol. The van der Waals surface area contributed by atoms with E-state index in [1.165, 1.54) is 18.2 Å². The molecule has 108 valence electrons. The molecule has 0 saturated heterocycles. The molecule has 0 radical (unpaired) electrons. The predicted octanol–water partition coefficient (Wildman–Crippen LogP) is 3.15. The number of carbonyl (C=O) groups is 1. The molecular weight excluding hydrogens is 355 g/mol. The fourth-order valence-electron chi connectivity index (χ4n) is 1.71. The Morgan fingerprint density at radius 3 is 2.38 bits per heavy atom. The first-order valence-electron chi connectivity index (χ1n) is 6.09. The summed E-state index contributed by atoms with van der Waals surface area (Å²) in [5, 5.41) is 2.76. The largest absolute Gasteiger partial charge is 0.389 e. The van der Waals surface area contributed by atoms with Crippen molar-refractivity contribution in [1.29, 1.82) is 0 Å². The molecule has 2 aromatic rings. The molecule has 0 aliphatic heterocycles. The third-order valence-electron chi connectivity index (χ3n) is 2.87. The van der Waals surface area contributed by atoms with Crippen LogP contribution in [0, 0.1) is 5.82 Å². The van der Waals surface area contributed by atoms with E-state index in [0.717, 1.165) is 11.1 Å². The Bertz CT molecular complexity index is 689. The number of halogens is 2. The van der Waals surface area contributed by atoms with Gasteiger partial charge in [-0.1, -0.05) is 36.5 Å². The lowest BCUT2D eigenvalue weighted by Crippen LogP contribution is -2.22. The Morgan fingerprint density at radius 2 is 1.81 bits per heavy atom. The van der Waals surface area contributed by atoms with Crippen LogP contribution in [0.1, 0.15) is 21.5 Å². The Kier molecular flexibility index (Phi) is 5.03. The highest BCUT2D eigenvalue weighted by Crippen LogP contribution is 2.16. The molecule has 2 aromatic carbocycles. The van der Waals surface area contributed by atoms with Crippen LogP contribution < -0.4 is 11.1 Å². The van der Waals surface area contributed by atoms with Crippen molar-refractivity contribution in [2.75, 3.05) is 0 Å². The van der Waals surface area contributed by atoms with Gasteiger partial charge in [-0.05, 0) is 39.7 Å². The van der Waals surface area contributed by atoms with E-state index in [9.17, 15) is 9.18 Å². The van der Waals surface area contributed by atoms with Gasteiger partial charge < -0.3 is 11.1 Å². The normalized spacial score (nSPS) is 10.2. The zero-order valence-corrected chi connectivity index (χ0v) is 13.3. The zero-order chi connectivity index (χ0) is 15.4. The summed E-state index contributed by atoms with van der Waals surface area (Å²) < 4.78 is 13.4. The highest BCUT2D eigenvalue weighted by molar-refractivity contribution is 9.10. The first-order valence-corrected chi connectivity index (χ1v) is 7.29. The number of carbonyl (C=O) groups excluding carboxylic acids is 1. The lowest BCUT2D eigenvalue weighted by molar-refractivity contribution is 0.0951. The van der Waals surface area contributed by atoms with E-state index < -0.39 is 5.82 Å². The molecule has 0 saturated carbocycles. The van der Waals surface area contributed by atoms with Gasteiger partial charge in [0.25, 0.3) is 5.91 Å². The average Bonchev–Trinajstić information content (AvgIpc) is 2.48. The van der Waals surface area contributed by atoms with Crippen molar-refractivity contribution in [2.24, 2.45) is 5.73 Å². The summed E-state index contributed by atoms with van der Waals surface area (Å²) >= 11 is 7.92. The third-order valence-corrected chi connectivity index (χ3v) is 3.72. The molecule has 6 heteroatoms. The van der Waals surface area contributed by atoms with Crippen molar-refractivity contribution >= 4 is 39.0 Å². The van der Waals surface area contributed by atoms with E-state index >= 15 is 0 Å². The second-order valence-electron chi connectivity index (χ2n) is 4.37. The van der Waals surface area contributed by atoms with Crippen LogP contribution in [0.15, 0.2) is 46.9 Å². The monoisotopic (exact) mass is 366 g/mol. The third kappa shape index (κ3) is 4.09. The highest BCUT2D eigenvalue weighted by atomic mass is 79.9. The topological polar surface area (TPSA) is 55.1 Å². The Morgan fingerprint density at radius 1 is 1.19 bits per heavy atom. The van der Waals surface area contributed by atoms with Gasteiger partial charge in [0.05, 0.1) is 4.47 Å². The van der Waals surface area contributed by atoms with Crippen LogP contribution >= 0.6 is 28.1 Å². The van der Waals surface area contributed by atoms with Crippen LogP contribution in [0.2, 0.25) is 0 Å². The number of benzene rings is 2. The van der Waals surface area contributed by atoms with Crippen molar-refractivity contribution in [3.63, 3.8) is 0 Å². The molecule has 0 aliphatic rings. The van der Waals surface area contributed by atoms with Crippen LogP contribution in [0.4, 0.5) is 4.39 Å². The molecule has 0 spiro atoms. The van der Waals surface area contributed by atoms with Gasteiger partial charge in [0.1, 0.15) is 10.8 Å². The Labute approximate surface area is 135 Å². The van der Waals surface area contributed by atoms with E-state index in [1.54, 1.807) is 12.1 Å². The summed E-state index contributed by atoms with van der Waals surface area (Å²) in [6.45, 7) is 0.367. The smallest absolute Gasteiger partial charge is 0.251 e. The van der Waals surface area contributed by atoms with E-state index in [2.05, 4.69) is 21.2 Å². The minimum Gasteiger partial charge on any atom is -0.389 e. The van der Waals surface area contributed by atoms with Gasteiger partial charge in [-0.3, -0.25) is 4.79 Å². The minimum absolute atomic E-state index is 0.260. The van der Waals surface area contributed by atoms with Gasteiger partial charge in [-0.25, -0.2) is 4.39 Å². The molecule has 0 bridgehead atoms. The van der Waals surface area contributed by atoms with E-state index in [4.69, 9.17) is 18.0 Å². The van der Waals surface area contributed by atoms with Gasteiger partial charge in [0.15, 0.2) is 0 Å². The van der Waals surface area contributed by atoms with Gasteiger partial charge >= 0.3 is 0 Å². The first-order chi connectivity index (χ1) is 9.97. The summed E-state index contributed by atoms with van der Waals surface area (Å²) in [6.07, 6.45) is 0. The molecule has 0 unspecified atom stereocenters. The first kappa shape index (κ1) is 15.6. The molecule has 0 atom stereocenters. The van der Waals surface area contributed by atoms with Crippen LogP contribution in [0.5, 0.6) is 0 Å². The molecule has 3 nitrogen and oxygen atoms in total. The number of rotatable bonds is 4. The van der Waals surface area contributed by atoms with Crippen LogP contribution in [0.3, 0.4) is 0 Å². The lowest BCUT2D eigenvalue weighted by Gasteiger charge is -2.07. The minimum atomic E-state index is -0.403. The number of hydrogen-bond acceptors (Lipinski definition) is 2. The number of amides is 1. The fourth-order valence-corrected chi connectivity index (χ4v) is 2.22. The molecule has 0 aromatic heterocycles. The molecule has 1 amide bonds. The molecule has 2 rings (SSSR count). The van der Waals surface area contributed by atoms with Gasteiger partial charge in [0, 0.05) is 17.7 Å². The molecule has 0 fully saturated rings. The average molecular weight is 367 g/mol. The zero-order valence-electron chi connectivity index (χ0n) is 10.9. The summed E-state index contributed by atoms with van der Waals surface area (Å²) in [5.41, 5.74) is 7.61. The number of nitrogens with one attached hydrogen (secondary N) is 1. The maximum atomic E-state index is 13.1. The van der Waals surface area contributed by atoms with Crippen LogP contribution in [-0.2, 0) is 6.54 Å². The van der Waals surface area contributed by atoms with Crippen LogP contribution in [-0.4, -0.2) is 10.9 Å². The SMILES string of the molecule is NC(=S)c1ccc(CNC(=O)c2ccc(F)c(Br)c2)cc1. The second kappa shape index (κ2) is 6.78. The summed E-state index contributed by atoms with van der Waals surface area (Å²) in [5.74, 6) is -0.672. The molecule has 21 heavy (non-hydrogen) atoms. The van der Waals surface area contributed by atoms with Crippen molar-refractivity contribution in [2.45, 2.75) is 6.54 Å². The molecule has 0 heterocycles. The lowest BCUT2D eigenvalue weighted by atomic mass is 10.1. The van der Waals surface area contributed by atoms with E-state index in [0.29, 0.717) is 17.1 Å². The van der Waals surface area contributed by atoms with Crippen molar-refractivity contribution in [3.8, 4) is 0 Å². The molecule has 3 N–H and O–H groups in total. The van der Waals surface area contributed by atoms with Gasteiger partial charge in [0.2, 0.25) is 0 Å². The standard InChI is InChI=1S/C15H12BrFN2OS/c16-12-7-11(5-6-13(12)17)15(20)19-8-9-1-3-10(4-2-9)14(18)21/h1-7H,8H2,(H2,18,21)(H,19,20). The van der Waals surface area contributed by atoms with Crippen molar-refractivity contribution in [1.82, 2.24) is 5.32 Å². The number of nitrogens with two attached hydrogens (primary N) is 1. The number of hydrogen-bond donors (Lipinski definition) is 2. The maximum Gasteiger partial charge on any atom is 0.251 e. The van der Waals surface area contributed by atoms with Gasteiger partial charge in [-0.15, -0.1) is 0 Å². The van der Waals surface area contributed by atoms with Gasteiger partial charge in [-0.2, -0.15) is 0 Å². The Balaban J connectivity index is 2.00. The molecule has 0 aliphatic carbocycles. The van der Waals surface area contributed by atoms with Crippen molar-refractivity contribution in [3.05, 3.63) is 69.4 Å². The maximum absolute atomic E-state index is 13.1. The fraction of sp³-hybridized carbons (Fsp3) is 0.0667. The summed E-state index contributed by atoms with van der Waals surface area (Å²) in [4.78, 5) is 12.3. The summed E-state index contributed by atoms with van der Waals surface area (Å²) in [6, 6.07) is 11.4. The second-order valence-corrected chi connectivity index (χ2v) is 5.67. The van der Waals surface area contributed by atoms with E-state index in [1.807, 2.05) is 12.1 Å². The van der Waals surface area contributed by atoms with Crippen LogP contribution in [0.25, 0.3) is 0 Å². The molecular formula is C15H12BrFN2OS. The number of thiocarbonyl (C=S) groups is 1. The summed E-state index contributed by atoms with van der Waals surface area (Å²) in [7, 11) is 0. The quantitative estimate of drug-likeness (QED) is 0.817.